The summed E-state index contributed by atoms with van der Waals surface area (Å²) in [5, 5.41) is 11.5. The topological polar surface area (TPSA) is 69.6 Å². The predicted octanol–water partition coefficient (Wildman–Crippen LogP) is 1.68. The molecule has 1 heterocycles. The van der Waals surface area contributed by atoms with E-state index in [9.17, 15) is 9.59 Å². The smallest absolute Gasteiger partial charge is 0.327 e. The van der Waals surface area contributed by atoms with Crippen LogP contribution in [0, 0.1) is 24.2 Å². The van der Waals surface area contributed by atoms with Gasteiger partial charge < -0.3 is 15.3 Å². The Hall–Kier alpha value is -1.70. The molecule has 2 aliphatic rings. The number of fused-ring (bicyclic) bond motifs is 1. The summed E-state index contributed by atoms with van der Waals surface area (Å²) >= 11 is 0. The summed E-state index contributed by atoms with van der Waals surface area (Å²) in [5.41, 5.74) is 0. The van der Waals surface area contributed by atoms with Crippen molar-refractivity contribution in [3.63, 3.8) is 0 Å². The standard InChI is InChI=1S/C15H22N2O3/c1-2-5-13(14(18)19)16-15(20)17-9-8-11-6-3-4-7-12(11)10-17/h1,11-13H,3-10H2,(H,16,20)(H,18,19). The molecule has 0 aromatic heterocycles. The third-order valence-electron chi connectivity index (χ3n) is 4.50. The van der Waals surface area contributed by atoms with Gasteiger partial charge in [0.05, 0.1) is 0 Å². The van der Waals surface area contributed by atoms with Gasteiger partial charge in [0.1, 0.15) is 6.04 Å². The first-order valence-electron chi connectivity index (χ1n) is 7.33. The van der Waals surface area contributed by atoms with Gasteiger partial charge in [-0.05, 0) is 24.7 Å². The van der Waals surface area contributed by atoms with Crippen LogP contribution in [0.1, 0.15) is 38.5 Å². The van der Waals surface area contributed by atoms with Crippen LogP contribution in [0.2, 0.25) is 0 Å². The summed E-state index contributed by atoms with van der Waals surface area (Å²) in [6.45, 7) is 1.47. The van der Waals surface area contributed by atoms with Crippen LogP contribution in [-0.2, 0) is 4.79 Å². The van der Waals surface area contributed by atoms with Gasteiger partial charge in [-0.1, -0.05) is 19.3 Å². The fourth-order valence-electron chi connectivity index (χ4n) is 3.34. The number of piperidine rings is 1. The van der Waals surface area contributed by atoms with Gasteiger partial charge in [0.25, 0.3) is 0 Å². The Morgan fingerprint density at radius 3 is 2.65 bits per heavy atom. The largest absolute Gasteiger partial charge is 0.480 e. The van der Waals surface area contributed by atoms with E-state index in [1.165, 1.54) is 25.7 Å². The molecule has 110 valence electrons. The van der Waals surface area contributed by atoms with E-state index in [0.29, 0.717) is 5.92 Å². The number of terminal acetylenes is 1. The zero-order valence-corrected chi connectivity index (χ0v) is 11.7. The first kappa shape index (κ1) is 14.7. The highest BCUT2D eigenvalue weighted by Gasteiger charge is 2.33. The molecule has 3 unspecified atom stereocenters. The van der Waals surface area contributed by atoms with Crippen LogP contribution in [0.15, 0.2) is 0 Å². The van der Waals surface area contributed by atoms with Crippen molar-refractivity contribution in [3.8, 4) is 12.3 Å². The highest BCUT2D eigenvalue weighted by molar-refractivity contribution is 5.82. The molecule has 3 atom stereocenters. The minimum Gasteiger partial charge on any atom is -0.480 e. The molecule has 2 amide bonds. The monoisotopic (exact) mass is 278 g/mol. The lowest BCUT2D eigenvalue weighted by Crippen LogP contribution is -2.52. The molecule has 2 rings (SSSR count). The van der Waals surface area contributed by atoms with Crippen LogP contribution in [0.3, 0.4) is 0 Å². The SMILES string of the molecule is C#CCC(NC(=O)N1CCC2CCCCC2C1)C(=O)O. The minimum atomic E-state index is -1.08. The van der Waals surface area contributed by atoms with E-state index in [4.69, 9.17) is 11.5 Å². The number of carbonyl (C=O) groups is 2. The zero-order valence-electron chi connectivity index (χ0n) is 11.7. The number of aliphatic carboxylic acids is 1. The van der Waals surface area contributed by atoms with E-state index >= 15 is 0 Å². The fourth-order valence-corrected chi connectivity index (χ4v) is 3.34. The Balaban J connectivity index is 1.89. The quantitative estimate of drug-likeness (QED) is 0.772. The van der Waals surface area contributed by atoms with Gasteiger partial charge in [-0.15, -0.1) is 12.3 Å². The van der Waals surface area contributed by atoms with Crippen molar-refractivity contribution >= 4 is 12.0 Å². The number of hydrogen-bond acceptors (Lipinski definition) is 2. The maximum absolute atomic E-state index is 12.1. The number of urea groups is 1. The molecule has 0 spiro atoms. The average Bonchev–Trinajstić information content (AvgIpc) is 2.46. The van der Waals surface area contributed by atoms with Gasteiger partial charge in [-0.2, -0.15) is 0 Å². The summed E-state index contributed by atoms with van der Waals surface area (Å²) in [6.07, 6.45) is 11.2. The maximum atomic E-state index is 12.1. The predicted molar refractivity (Wildman–Crippen MR) is 75.0 cm³/mol. The number of rotatable bonds is 3. The third kappa shape index (κ3) is 3.44. The van der Waals surface area contributed by atoms with Crippen LogP contribution >= 0.6 is 0 Å². The molecule has 0 bridgehead atoms. The van der Waals surface area contributed by atoms with Crippen LogP contribution in [0.5, 0.6) is 0 Å². The van der Waals surface area contributed by atoms with E-state index in [0.717, 1.165) is 25.4 Å². The second-order valence-corrected chi connectivity index (χ2v) is 5.79. The normalized spacial score (nSPS) is 27.1. The lowest BCUT2D eigenvalue weighted by Gasteiger charge is -2.41. The number of nitrogens with one attached hydrogen (secondary N) is 1. The summed E-state index contributed by atoms with van der Waals surface area (Å²) in [6, 6.07) is -1.28. The molecular formula is C15H22N2O3. The van der Waals surface area contributed by atoms with E-state index in [2.05, 4.69) is 11.2 Å². The van der Waals surface area contributed by atoms with Crippen molar-refractivity contribution in [2.24, 2.45) is 11.8 Å². The second kappa shape index (κ2) is 6.65. The second-order valence-electron chi connectivity index (χ2n) is 5.79. The Kier molecular flexibility index (Phi) is 4.89. The number of carboxylic acid groups (broad SMARTS) is 1. The molecule has 1 saturated carbocycles. The number of carbonyl (C=O) groups excluding carboxylic acids is 1. The van der Waals surface area contributed by atoms with Crippen LogP contribution < -0.4 is 5.32 Å². The molecule has 0 radical (unpaired) electrons. The van der Waals surface area contributed by atoms with Gasteiger partial charge in [0.2, 0.25) is 0 Å². The molecule has 2 N–H and O–H groups in total. The Morgan fingerprint density at radius 2 is 2.00 bits per heavy atom. The molecular weight excluding hydrogens is 256 g/mol. The lowest BCUT2D eigenvalue weighted by molar-refractivity contribution is -0.139. The Bertz CT molecular complexity index is 416. The van der Waals surface area contributed by atoms with Gasteiger partial charge in [-0.25, -0.2) is 9.59 Å². The van der Waals surface area contributed by atoms with E-state index < -0.39 is 12.0 Å². The summed E-state index contributed by atoms with van der Waals surface area (Å²) in [7, 11) is 0. The highest BCUT2D eigenvalue weighted by Crippen LogP contribution is 2.35. The van der Waals surface area contributed by atoms with E-state index in [1.54, 1.807) is 4.90 Å². The number of hydrogen-bond donors (Lipinski definition) is 2. The molecule has 1 aliphatic carbocycles. The number of likely N-dealkylation sites (tertiary alicyclic amines) is 1. The molecule has 0 aromatic rings. The van der Waals surface area contributed by atoms with Crippen LogP contribution in [0.4, 0.5) is 4.79 Å². The van der Waals surface area contributed by atoms with Gasteiger partial charge in [0.15, 0.2) is 0 Å². The first-order valence-corrected chi connectivity index (χ1v) is 7.33. The van der Waals surface area contributed by atoms with Crippen molar-refractivity contribution < 1.29 is 14.7 Å². The summed E-state index contributed by atoms with van der Waals surface area (Å²) < 4.78 is 0. The van der Waals surface area contributed by atoms with Gasteiger partial charge in [-0.3, -0.25) is 0 Å². The molecule has 0 aromatic carbocycles. The van der Waals surface area contributed by atoms with E-state index in [1.807, 2.05) is 0 Å². The molecule has 2 fully saturated rings. The van der Waals surface area contributed by atoms with Crippen LogP contribution in [-0.4, -0.2) is 41.1 Å². The van der Waals surface area contributed by atoms with Crippen LogP contribution in [0.25, 0.3) is 0 Å². The maximum Gasteiger partial charge on any atom is 0.327 e. The zero-order chi connectivity index (χ0) is 14.5. The summed E-state index contributed by atoms with van der Waals surface area (Å²) in [5.74, 6) is 2.54. The van der Waals surface area contributed by atoms with Gasteiger partial charge >= 0.3 is 12.0 Å². The molecule has 1 saturated heterocycles. The van der Waals surface area contributed by atoms with Gasteiger partial charge in [0, 0.05) is 19.5 Å². The molecule has 20 heavy (non-hydrogen) atoms. The van der Waals surface area contributed by atoms with Crippen molar-refractivity contribution in [3.05, 3.63) is 0 Å². The molecule has 5 heteroatoms. The van der Waals surface area contributed by atoms with E-state index in [-0.39, 0.29) is 12.5 Å². The number of nitrogens with zero attached hydrogens (tertiary/aromatic N) is 1. The van der Waals surface area contributed by atoms with Crippen molar-refractivity contribution in [2.45, 2.75) is 44.6 Å². The fraction of sp³-hybridized carbons (Fsp3) is 0.733. The first-order chi connectivity index (χ1) is 9.61. The third-order valence-corrected chi connectivity index (χ3v) is 4.50. The number of amides is 2. The Labute approximate surface area is 119 Å². The average molecular weight is 278 g/mol. The minimum absolute atomic E-state index is 0.0148. The molecule has 1 aliphatic heterocycles. The lowest BCUT2D eigenvalue weighted by atomic mass is 9.75. The van der Waals surface area contributed by atoms with Crippen molar-refractivity contribution in [1.29, 1.82) is 0 Å². The van der Waals surface area contributed by atoms with Crippen molar-refractivity contribution in [1.82, 2.24) is 10.2 Å². The molecule has 5 nitrogen and oxygen atoms in total. The van der Waals surface area contributed by atoms with Crippen molar-refractivity contribution in [2.75, 3.05) is 13.1 Å². The Morgan fingerprint density at radius 1 is 1.30 bits per heavy atom. The summed E-state index contributed by atoms with van der Waals surface area (Å²) in [4.78, 5) is 24.9. The highest BCUT2D eigenvalue weighted by atomic mass is 16.4. The number of carboxylic acids is 1.